The van der Waals surface area contributed by atoms with Crippen molar-refractivity contribution in [3.63, 3.8) is 0 Å². The van der Waals surface area contributed by atoms with E-state index < -0.39 is 24.0 Å². The second-order valence-electron chi connectivity index (χ2n) is 4.66. The topological polar surface area (TPSA) is 84.8 Å². The van der Waals surface area contributed by atoms with Gasteiger partial charge >= 0.3 is 5.97 Å². The monoisotopic (exact) mass is 256 g/mol. The van der Waals surface area contributed by atoms with Crippen LogP contribution in [0.5, 0.6) is 0 Å². The average molecular weight is 256 g/mol. The highest BCUT2D eigenvalue weighted by Crippen LogP contribution is 2.09. The van der Waals surface area contributed by atoms with Gasteiger partial charge in [0.2, 0.25) is 12.0 Å². The van der Waals surface area contributed by atoms with Gasteiger partial charge in [-0.3, -0.25) is 4.79 Å². The molecule has 0 aliphatic carbocycles. The number of carbonyl (C=O) groups is 2. The predicted molar refractivity (Wildman–Crippen MR) is 65.5 cm³/mol. The van der Waals surface area contributed by atoms with E-state index in [4.69, 9.17) is 0 Å². The number of aliphatic imine (C=N–C) groups is 1. The molecule has 0 unspecified atom stereocenters. The Morgan fingerprint density at radius 1 is 1.17 bits per heavy atom. The summed E-state index contributed by atoms with van der Waals surface area (Å²) in [6.45, 7) is 7.09. The largest absolute Gasteiger partial charge is 0.467 e. The molecule has 1 amide bonds. The quantitative estimate of drug-likeness (QED) is 0.430. The van der Waals surface area contributed by atoms with E-state index in [2.05, 4.69) is 15.0 Å². The standard InChI is InChI=1S/C12H20N2O4/c1-7(2)9(13-6-15)11(16)14-10(8(3)4)12(17)18-5/h7-10H,1-5H3,(H,14,16)/t9-,10-/m0/s1. The Morgan fingerprint density at radius 2 is 1.72 bits per heavy atom. The van der Waals surface area contributed by atoms with Crippen LogP contribution < -0.4 is 5.32 Å². The number of hydrogen-bond acceptors (Lipinski definition) is 5. The predicted octanol–water partition coefficient (Wildman–Crippen LogP) is 0.661. The van der Waals surface area contributed by atoms with E-state index in [9.17, 15) is 14.4 Å². The number of rotatable bonds is 6. The third-order valence-electron chi connectivity index (χ3n) is 2.51. The van der Waals surface area contributed by atoms with Crippen LogP contribution in [0.4, 0.5) is 0 Å². The van der Waals surface area contributed by atoms with Crippen LogP contribution in [0, 0.1) is 11.8 Å². The van der Waals surface area contributed by atoms with Crippen molar-refractivity contribution >= 4 is 18.0 Å². The van der Waals surface area contributed by atoms with Crippen molar-refractivity contribution < 1.29 is 19.1 Å². The molecule has 0 rings (SSSR count). The minimum absolute atomic E-state index is 0.116. The third kappa shape index (κ3) is 4.67. The first kappa shape index (κ1) is 16.3. The number of esters is 1. The minimum atomic E-state index is -0.839. The highest BCUT2D eigenvalue weighted by atomic mass is 16.5. The molecule has 2 atom stereocenters. The zero-order chi connectivity index (χ0) is 14.3. The fourth-order valence-corrected chi connectivity index (χ4v) is 1.43. The van der Waals surface area contributed by atoms with Gasteiger partial charge in [0, 0.05) is 0 Å². The highest BCUT2D eigenvalue weighted by molar-refractivity contribution is 5.88. The van der Waals surface area contributed by atoms with Gasteiger partial charge in [-0.2, -0.15) is 4.99 Å². The van der Waals surface area contributed by atoms with E-state index in [0.717, 1.165) is 0 Å². The summed E-state index contributed by atoms with van der Waals surface area (Å²) in [5.41, 5.74) is 0. The lowest BCUT2D eigenvalue weighted by Gasteiger charge is -2.22. The van der Waals surface area contributed by atoms with E-state index in [1.165, 1.54) is 13.2 Å². The second-order valence-corrected chi connectivity index (χ2v) is 4.66. The summed E-state index contributed by atoms with van der Waals surface area (Å²) in [7, 11) is 1.26. The molecule has 0 bridgehead atoms. The number of carbonyl (C=O) groups excluding carboxylic acids is 3. The van der Waals surface area contributed by atoms with Gasteiger partial charge in [0.1, 0.15) is 12.1 Å². The van der Waals surface area contributed by atoms with Crippen LogP contribution in [0.15, 0.2) is 4.99 Å². The molecule has 0 spiro atoms. The lowest BCUT2D eigenvalue weighted by atomic mass is 10.0. The highest BCUT2D eigenvalue weighted by Gasteiger charge is 2.29. The summed E-state index contributed by atoms with van der Waals surface area (Å²) < 4.78 is 4.61. The Hall–Kier alpha value is -1.68. The molecular weight excluding hydrogens is 236 g/mol. The van der Waals surface area contributed by atoms with Gasteiger partial charge in [-0.1, -0.05) is 27.7 Å². The molecule has 0 aromatic heterocycles. The van der Waals surface area contributed by atoms with Crippen LogP contribution in [-0.2, 0) is 19.1 Å². The van der Waals surface area contributed by atoms with Gasteiger partial charge in [-0.05, 0) is 11.8 Å². The lowest BCUT2D eigenvalue weighted by Crippen LogP contribution is -2.49. The van der Waals surface area contributed by atoms with Gasteiger partial charge in [-0.15, -0.1) is 0 Å². The fraction of sp³-hybridized carbons (Fsp3) is 0.750. The molecule has 0 saturated carbocycles. The third-order valence-corrected chi connectivity index (χ3v) is 2.51. The first-order valence-electron chi connectivity index (χ1n) is 5.80. The van der Waals surface area contributed by atoms with E-state index in [1.807, 2.05) is 0 Å². The Kier molecular flexibility index (Phi) is 6.90. The van der Waals surface area contributed by atoms with E-state index in [1.54, 1.807) is 27.7 Å². The molecule has 0 fully saturated rings. The van der Waals surface area contributed by atoms with Crippen molar-refractivity contribution in [3.05, 3.63) is 0 Å². The van der Waals surface area contributed by atoms with Crippen molar-refractivity contribution in [1.29, 1.82) is 0 Å². The molecule has 0 aliphatic rings. The van der Waals surface area contributed by atoms with Crippen LogP contribution in [0.3, 0.4) is 0 Å². The molecule has 1 N–H and O–H groups in total. The Balaban J connectivity index is 4.87. The maximum atomic E-state index is 11.9. The molecular formula is C12H20N2O4. The van der Waals surface area contributed by atoms with Gasteiger partial charge < -0.3 is 10.1 Å². The summed E-state index contributed by atoms with van der Waals surface area (Å²) in [5.74, 6) is -1.26. The Labute approximate surface area is 107 Å². The van der Waals surface area contributed by atoms with Crippen molar-refractivity contribution in [2.24, 2.45) is 16.8 Å². The zero-order valence-corrected chi connectivity index (χ0v) is 11.4. The number of methoxy groups -OCH3 is 1. The van der Waals surface area contributed by atoms with Gasteiger partial charge in [0.15, 0.2) is 0 Å². The van der Waals surface area contributed by atoms with E-state index in [-0.39, 0.29) is 11.8 Å². The van der Waals surface area contributed by atoms with Gasteiger partial charge in [-0.25, -0.2) is 9.59 Å². The number of hydrogen-bond donors (Lipinski definition) is 1. The maximum absolute atomic E-state index is 11.9. The number of isocyanates is 1. The molecule has 0 aromatic carbocycles. The summed E-state index contributed by atoms with van der Waals surface area (Å²) in [6, 6.07) is -1.58. The van der Waals surface area contributed by atoms with Crippen LogP contribution >= 0.6 is 0 Å². The molecule has 0 heterocycles. The lowest BCUT2D eigenvalue weighted by molar-refractivity contribution is -0.146. The zero-order valence-electron chi connectivity index (χ0n) is 11.4. The minimum Gasteiger partial charge on any atom is -0.467 e. The number of ether oxygens (including phenoxy) is 1. The van der Waals surface area contributed by atoms with Crippen LogP contribution in [0.25, 0.3) is 0 Å². The van der Waals surface area contributed by atoms with Crippen LogP contribution in [0.2, 0.25) is 0 Å². The molecule has 0 radical (unpaired) electrons. The Bertz CT molecular complexity index is 346. The summed E-state index contributed by atoms with van der Waals surface area (Å²) in [5, 5.41) is 2.55. The van der Waals surface area contributed by atoms with Crippen molar-refractivity contribution in [2.75, 3.05) is 7.11 Å². The Morgan fingerprint density at radius 3 is 2.06 bits per heavy atom. The first-order valence-corrected chi connectivity index (χ1v) is 5.80. The molecule has 0 saturated heterocycles. The molecule has 102 valence electrons. The average Bonchev–Trinajstić information content (AvgIpc) is 2.30. The molecule has 0 aromatic rings. The fourth-order valence-electron chi connectivity index (χ4n) is 1.43. The van der Waals surface area contributed by atoms with Crippen LogP contribution in [-0.4, -0.2) is 37.1 Å². The molecule has 6 nitrogen and oxygen atoms in total. The van der Waals surface area contributed by atoms with Crippen LogP contribution in [0.1, 0.15) is 27.7 Å². The number of amides is 1. The van der Waals surface area contributed by atoms with Crippen molar-refractivity contribution in [2.45, 2.75) is 39.8 Å². The van der Waals surface area contributed by atoms with E-state index in [0.29, 0.717) is 0 Å². The number of nitrogens with one attached hydrogen (secondary N) is 1. The van der Waals surface area contributed by atoms with Crippen molar-refractivity contribution in [3.8, 4) is 0 Å². The SMILES string of the molecule is COC(=O)[C@@H](NC(=O)[C@@H](N=C=O)C(C)C)C(C)C. The first-order chi connectivity index (χ1) is 8.34. The molecule has 6 heteroatoms. The smallest absolute Gasteiger partial charge is 0.328 e. The van der Waals surface area contributed by atoms with Crippen molar-refractivity contribution in [1.82, 2.24) is 5.32 Å². The molecule has 18 heavy (non-hydrogen) atoms. The van der Waals surface area contributed by atoms with Gasteiger partial charge in [0.25, 0.3) is 0 Å². The second kappa shape index (κ2) is 7.61. The van der Waals surface area contributed by atoms with Gasteiger partial charge in [0.05, 0.1) is 7.11 Å². The van der Waals surface area contributed by atoms with E-state index >= 15 is 0 Å². The number of nitrogens with zero attached hydrogens (tertiary/aromatic N) is 1. The molecule has 0 aliphatic heterocycles. The summed E-state index contributed by atoms with van der Waals surface area (Å²) in [6.07, 6.45) is 1.37. The summed E-state index contributed by atoms with van der Waals surface area (Å²) in [4.78, 5) is 37.1. The normalized spacial score (nSPS) is 13.7. The summed E-state index contributed by atoms with van der Waals surface area (Å²) >= 11 is 0. The maximum Gasteiger partial charge on any atom is 0.328 e.